The Balaban J connectivity index is 1.88. The van der Waals surface area contributed by atoms with Gasteiger partial charge >= 0.3 is 0 Å². The number of carbonyl (C=O) groups is 1. The summed E-state index contributed by atoms with van der Waals surface area (Å²) in [5, 5.41) is 1.05. The summed E-state index contributed by atoms with van der Waals surface area (Å²) in [5.74, 6) is -0.111. The molecule has 0 bridgehead atoms. The first-order valence-corrected chi connectivity index (χ1v) is 9.62. The van der Waals surface area contributed by atoms with Gasteiger partial charge in [-0.15, -0.1) is 0 Å². The minimum Gasteiger partial charge on any atom is -0.450 e. The number of nitrogens with zero attached hydrogens (tertiary/aromatic N) is 2. The Morgan fingerprint density at radius 1 is 1.11 bits per heavy atom. The highest BCUT2D eigenvalue weighted by Crippen LogP contribution is 2.38. The zero-order valence-electron chi connectivity index (χ0n) is 15.8. The van der Waals surface area contributed by atoms with Crippen LogP contribution >= 0.6 is 11.6 Å². The smallest absolute Gasteiger partial charge is 0.290 e. The maximum atomic E-state index is 13.3. The molecular formula is C22H21ClN2O3. The van der Waals surface area contributed by atoms with Crippen LogP contribution in [0.25, 0.3) is 11.0 Å². The molecule has 1 amide bonds. The molecule has 0 saturated heterocycles. The molecule has 1 aliphatic rings. The molecule has 144 valence electrons. The van der Waals surface area contributed by atoms with E-state index >= 15 is 0 Å². The van der Waals surface area contributed by atoms with Crippen molar-refractivity contribution in [3.05, 3.63) is 80.7 Å². The Labute approximate surface area is 168 Å². The van der Waals surface area contributed by atoms with E-state index < -0.39 is 6.04 Å². The number of hydrogen-bond donors (Lipinski definition) is 0. The topological polar surface area (TPSA) is 53.8 Å². The van der Waals surface area contributed by atoms with E-state index in [0.717, 1.165) is 18.5 Å². The Bertz CT molecular complexity index is 1110. The fourth-order valence-corrected chi connectivity index (χ4v) is 3.98. The minimum absolute atomic E-state index is 0.138. The third-order valence-electron chi connectivity index (χ3n) is 5.04. The van der Waals surface area contributed by atoms with Crippen molar-refractivity contribution in [2.45, 2.75) is 12.5 Å². The summed E-state index contributed by atoms with van der Waals surface area (Å²) in [4.78, 5) is 30.3. The zero-order chi connectivity index (χ0) is 19.8. The summed E-state index contributed by atoms with van der Waals surface area (Å²) in [6, 6.07) is 13.9. The van der Waals surface area contributed by atoms with Gasteiger partial charge in [0.2, 0.25) is 5.76 Å². The van der Waals surface area contributed by atoms with E-state index in [1.807, 2.05) is 32.3 Å². The van der Waals surface area contributed by atoms with Crippen LogP contribution in [-0.4, -0.2) is 42.9 Å². The molecule has 28 heavy (non-hydrogen) atoms. The lowest BCUT2D eigenvalue weighted by atomic mass is 9.98. The van der Waals surface area contributed by atoms with Crippen molar-refractivity contribution in [3.8, 4) is 0 Å². The van der Waals surface area contributed by atoms with E-state index in [1.54, 1.807) is 35.2 Å². The molecule has 1 aliphatic heterocycles. The van der Waals surface area contributed by atoms with Crippen molar-refractivity contribution < 1.29 is 9.21 Å². The van der Waals surface area contributed by atoms with Crippen LogP contribution in [0, 0.1) is 0 Å². The molecule has 5 nitrogen and oxygen atoms in total. The van der Waals surface area contributed by atoms with Crippen LogP contribution < -0.4 is 5.43 Å². The summed E-state index contributed by atoms with van der Waals surface area (Å²) in [5.41, 5.74) is 1.48. The molecule has 1 atom stereocenters. The third-order valence-corrected chi connectivity index (χ3v) is 5.28. The van der Waals surface area contributed by atoms with Crippen LogP contribution in [0.1, 0.15) is 34.1 Å². The van der Waals surface area contributed by atoms with E-state index in [-0.39, 0.29) is 17.1 Å². The molecule has 2 heterocycles. The number of carbonyl (C=O) groups excluding carboxylic acids is 1. The van der Waals surface area contributed by atoms with Crippen molar-refractivity contribution in [1.82, 2.24) is 9.80 Å². The molecule has 2 aromatic carbocycles. The molecule has 0 radical (unpaired) electrons. The van der Waals surface area contributed by atoms with Gasteiger partial charge in [-0.2, -0.15) is 0 Å². The van der Waals surface area contributed by atoms with Gasteiger partial charge in [0.15, 0.2) is 5.43 Å². The van der Waals surface area contributed by atoms with Crippen LogP contribution in [0.3, 0.4) is 0 Å². The van der Waals surface area contributed by atoms with Gasteiger partial charge in [0.25, 0.3) is 5.91 Å². The molecular weight excluding hydrogens is 376 g/mol. The monoisotopic (exact) mass is 396 g/mol. The lowest BCUT2D eigenvalue weighted by Gasteiger charge is -2.25. The molecule has 0 N–H and O–H groups in total. The Morgan fingerprint density at radius 3 is 2.64 bits per heavy atom. The average Bonchev–Trinajstić information content (AvgIpc) is 2.94. The van der Waals surface area contributed by atoms with Crippen molar-refractivity contribution in [2.24, 2.45) is 0 Å². The van der Waals surface area contributed by atoms with Crippen LogP contribution in [0.15, 0.2) is 57.7 Å². The second kappa shape index (κ2) is 7.41. The van der Waals surface area contributed by atoms with Gasteiger partial charge < -0.3 is 14.2 Å². The second-order valence-corrected chi connectivity index (χ2v) is 7.72. The molecule has 0 unspecified atom stereocenters. The summed E-state index contributed by atoms with van der Waals surface area (Å²) < 4.78 is 5.90. The standard InChI is InChI=1S/C22H21ClN2O3/c1-24(2)11-6-12-25-19(14-7-5-8-15(23)13-14)18-20(26)16-9-3-4-10-17(16)28-21(18)22(25)27/h3-5,7-10,13,19H,6,11-12H2,1-2H3/t19-/m1/s1. The third kappa shape index (κ3) is 3.21. The number of benzene rings is 2. The van der Waals surface area contributed by atoms with Crippen molar-refractivity contribution in [3.63, 3.8) is 0 Å². The molecule has 0 aliphatic carbocycles. The van der Waals surface area contributed by atoms with Gasteiger partial charge in [0.05, 0.1) is 17.0 Å². The first-order chi connectivity index (χ1) is 13.5. The predicted molar refractivity (Wildman–Crippen MR) is 110 cm³/mol. The summed E-state index contributed by atoms with van der Waals surface area (Å²) in [6.07, 6.45) is 0.789. The van der Waals surface area contributed by atoms with Crippen molar-refractivity contribution in [1.29, 1.82) is 0 Å². The number of fused-ring (bicyclic) bond motifs is 2. The minimum atomic E-state index is -0.496. The average molecular weight is 397 g/mol. The van der Waals surface area contributed by atoms with E-state index in [1.165, 1.54) is 0 Å². The normalized spacial score (nSPS) is 16.2. The molecule has 3 aromatic rings. The van der Waals surface area contributed by atoms with Gasteiger partial charge in [-0.3, -0.25) is 9.59 Å². The Hall–Kier alpha value is -2.63. The van der Waals surface area contributed by atoms with Gasteiger partial charge in [0.1, 0.15) is 5.58 Å². The Kier molecular flexibility index (Phi) is 4.96. The zero-order valence-corrected chi connectivity index (χ0v) is 16.6. The van der Waals surface area contributed by atoms with Crippen molar-refractivity contribution in [2.75, 3.05) is 27.2 Å². The molecule has 1 aromatic heterocycles. The van der Waals surface area contributed by atoms with Crippen LogP contribution in [0.2, 0.25) is 5.02 Å². The lowest BCUT2D eigenvalue weighted by molar-refractivity contribution is 0.0722. The van der Waals surface area contributed by atoms with E-state index in [0.29, 0.717) is 28.1 Å². The highest BCUT2D eigenvalue weighted by molar-refractivity contribution is 6.30. The highest BCUT2D eigenvalue weighted by Gasteiger charge is 2.42. The fraction of sp³-hybridized carbons (Fsp3) is 0.273. The predicted octanol–water partition coefficient (Wildman–Crippen LogP) is 3.94. The highest BCUT2D eigenvalue weighted by atomic mass is 35.5. The summed E-state index contributed by atoms with van der Waals surface area (Å²) in [6.45, 7) is 1.36. The van der Waals surface area contributed by atoms with Crippen LogP contribution in [0.4, 0.5) is 0 Å². The molecule has 4 rings (SSSR count). The largest absolute Gasteiger partial charge is 0.450 e. The van der Waals surface area contributed by atoms with Gasteiger partial charge in [-0.1, -0.05) is 35.9 Å². The molecule has 0 spiro atoms. The molecule has 0 fully saturated rings. The Morgan fingerprint density at radius 2 is 1.89 bits per heavy atom. The van der Waals surface area contributed by atoms with Crippen LogP contribution in [-0.2, 0) is 0 Å². The van der Waals surface area contributed by atoms with Crippen LogP contribution in [0.5, 0.6) is 0 Å². The first-order valence-electron chi connectivity index (χ1n) is 9.24. The van der Waals surface area contributed by atoms with Gasteiger partial charge in [-0.05, 0) is 56.9 Å². The number of halogens is 1. The van der Waals surface area contributed by atoms with E-state index in [9.17, 15) is 9.59 Å². The number of para-hydroxylation sites is 1. The maximum absolute atomic E-state index is 13.3. The summed E-state index contributed by atoms with van der Waals surface area (Å²) >= 11 is 6.20. The quantitative estimate of drug-likeness (QED) is 0.655. The van der Waals surface area contributed by atoms with Gasteiger partial charge in [-0.25, -0.2) is 0 Å². The lowest BCUT2D eigenvalue weighted by Crippen LogP contribution is -2.32. The second-order valence-electron chi connectivity index (χ2n) is 7.28. The number of rotatable bonds is 5. The van der Waals surface area contributed by atoms with Gasteiger partial charge in [0, 0.05) is 11.6 Å². The maximum Gasteiger partial charge on any atom is 0.290 e. The molecule has 6 heteroatoms. The number of amides is 1. The number of hydrogen-bond acceptors (Lipinski definition) is 4. The summed E-state index contributed by atoms with van der Waals surface area (Å²) in [7, 11) is 3.99. The van der Waals surface area contributed by atoms with E-state index in [2.05, 4.69) is 4.90 Å². The van der Waals surface area contributed by atoms with Crippen molar-refractivity contribution >= 4 is 28.5 Å². The SMILES string of the molecule is CN(C)CCCN1C(=O)c2oc3ccccc3c(=O)c2[C@H]1c1cccc(Cl)c1. The first kappa shape index (κ1) is 18.7. The fourth-order valence-electron chi connectivity index (χ4n) is 3.78. The molecule has 0 saturated carbocycles. The van der Waals surface area contributed by atoms with E-state index in [4.69, 9.17) is 16.0 Å².